The van der Waals surface area contributed by atoms with E-state index in [1.165, 1.54) is 0 Å². The molecule has 0 aromatic rings. The molecule has 10 nitrogen and oxygen atoms in total. The molecule has 0 aromatic heterocycles. The zero-order valence-electron chi connectivity index (χ0n) is 21.7. The van der Waals surface area contributed by atoms with Crippen molar-refractivity contribution in [2.45, 2.75) is 101 Å². The van der Waals surface area contributed by atoms with Crippen LogP contribution in [0.2, 0.25) is 0 Å². The summed E-state index contributed by atoms with van der Waals surface area (Å²) in [4.78, 5) is 53.0. The van der Waals surface area contributed by atoms with Gasteiger partial charge in [-0.15, -0.1) is 0 Å². The molecule has 1 saturated carbocycles. The molecule has 0 unspecified atom stereocenters. The molecule has 5 atom stereocenters. The second-order valence-electron chi connectivity index (χ2n) is 10.9. The molecule has 208 valence electrons. The Morgan fingerprint density at radius 3 is 2.62 bits per heavy atom. The lowest BCUT2D eigenvalue weighted by Gasteiger charge is -2.30. The third-order valence-electron chi connectivity index (χ3n) is 6.70. The summed E-state index contributed by atoms with van der Waals surface area (Å²) in [5, 5.41) is 15.4. The van der Waals surface area contributed by atoms with Crippen molar-refractivity contribution in [3.05, 3.63) is 12.2 Å². The van der Waals surface area contributed by atoms with Crippen LogP contribution in [0.3, 0.4) is 0 Å². The molecule has 0 radical (unpaired) electrons. The molecule has 37 heavy (non-hydrogen) atoms. The Labute approximate surface area is 215 Å². The number of aliphatic hydroxyl groups is 1. The minimum atomic E-state index is -3.13. The number of fused-ring (bicyclic) bond motifs is 2. The van der Waals surface area contributed by atoms with E-state index in [-0.39, 0.29) is 32.4 Å². The van der Waals surface area contributed by atoms with Gasteiger partial charge in [0.1, 0.15) is 23.2 Å². The number of carbonyl (C=O) groups is 4. The summed E-state index contributed by atoms with van der Waals surface area (Å²) in [6.45, 7) is 6.35. The molecular weight excluding hydrogens is 492 g/mol. The van der Waals surface area contributed by atoms with Crippen LogP contribution in [0.4, 0.5) is 13.6 Å². The Kier molecular flexibility index (Phi) is 8.50. The third-order valence-corrected chi connectivity index (χ3v) is 6.70. The molecule has 2 aliphatic heterocycles. The van der Waals surface area contributed by atoms with Crippen LogP contribution in [-0.2, 0) is 23.9 Å². The Balaban J connectivity index is 1.91. The number of esters is 1. The van der Waals surface area contributed by atoms with Crippen LogP contribution in [0.1, 0.15) is 66.2 Å². The Hall–Kier alpha value is -2.76. The van der Waals surface area contributed by atoms with E-state index in [2.05, 4.69) is 10.6 Å². The van der Waals surface area contributed by atoms with Crippen LogP contribution >= 0.6 is 0 Å². The maximum absolute atomic E-state index is 14.7. The number of hydrogen-bond acceptors (Lipinski definition) is 7. The number of rotatable bonds is 3. The van der Waals surface area contributed by atoms with Gasteiger partial charge in [-0.05, 0) is 47.0 Å². The zero-order chi connectivity index (χ0) is 27.6. The van der Waals surface area contributed by atoms with Crippen molar-refractivity contribution >= 4 is 23.9 Å². The van der Waals surface area contributed by atoms with E-state index >= 15 is 0 Å². The maximum atomic E-state index is 14.7. The molecule has 1 aliphatic carbocycles. The largest absolute Gasteiger partial charge is 0.464 e. The summed E-state index contributed by atoms with van der Waals surface area (Å²) in [6.07, 6.45) is -0.244. The molecular formula is C25H37F2N3O7. The van der Waals surface area contributed by atoms with Crippen LogP contribution in [-0.4, -0.2) is 82.3 Å². The van der Waals surface area contributed by atoms with Gasteiger partial charge in [0.05, 0.1) is 12.7 Å². The molecule has 3 amide bonds. The van der Waals surface area contributed by atoms with Crippen LogP contribution < -0.4 is 10.6 Å². The second-order valence-corrected chi connectivity index (χ2v) is 10.9. The molecule has 0 bridgehead atoms. The Bertz CT molecular complexity index is 936. The monoisotopic (exact) mass is 529 g/mol. The van der Waals surface area contributed by atoms with E-state index in [0.717, 1.165) is 4.90 Å². The molecule has 3 rings (SSSR count). The van der Waals surface area contributed by atoms with Gasteiger partial charge in [-0.1, -0.05) is 12.2 Å². The fraction of sp³-hybridized carbons (Fsp3) is 0.760. The van der Waals surface area contributed by atoms with Gasteiger partial charge in [-0.2, -0.15) is 0 Å². The average molecular weight is 530 g/mol. The third kappa shape index (κ3) is 7.18. The van der Waals surface area contributed by atoms with Crippen molar-refractivity contribution in [1.82, 2.24) is 15.5 Å². The first kappa shape index (κ1) is 28.8. The minimum Gasteiger partial charge on any atom is -0.464 e. The SMILES string of the molecule is CCOC(=O)[C@@]12C[C@@H]1/C=C\CCC(F)(F)CC[C@H](NC(=O)OC(C)(C)C)C(=O)N1C[C@H](O)C[C@H]1C(=O)N2. The molecule has 2 fully saturated rings. The number of carbonyl (C=O) groups excluding carboxylic acids is 4. The molecule has 12 heteroatoms. The summed E-state index contributed by atoms with van der Waals surface area (Å²) in [6, 6.07) is -2.57. The number of allylic oxidation sites excluding steroid dienone is 1. The summed E-state index contributed by atoms with van der Waals surface area (Å²) in [5.41, 5.74) is -2.25. The van der Waals surface area contributed by atoms with Gasteiger partial charge in [0.2, 0.25) is 17.7 Å². The first-order chi connectivity index (χ1) is 17.2. The summed E-state index contributed by atoms with van der Waals surface area (Å²) >= 11 is 0. The second kappa shape index (κ2) is 10.9. The van der Waals surface area contributed by atoms with Crippen molar-refractivity contribution in [2.24, 2.45) is 5.92 Å². The fourth-order valence-corrected chi connectivity index (χ4v) is 4.76. The van der Waals surface area contributed by atoms with Gasteiger partial charge in [0, 0.05) is 31.7 Å². The lowest BCUT2D eigenvalue weighted by atomic mass is 10.0. The number of hydrogen-bond donors (Lipinski definition) is 3. The summed E-state index contributed by atoms with van der Waals surface area (Å²) in [7, 11) is 0. The lowest BCUT2D eigenvalue weighted by molar-refractivity contribution is -0.150. The van der Waals surface area contributed by atoms with Crippen molar-refractivity contribution in [3.8, 4) is 0 Å². The first-order valence-electron chi connectivity index (χ1n) is 12.7. The van der Waals surface area contributed by atoms with Crippen LogP contribution in [0.25, 0.3) is 0 Å². The average Bonchev–Trinajstić information content (AvgIpc) is 3.33. The smallest absolute Gasteiger partial charge is 0.408 e. The van der Waals surface area contributed by atoms with Gasteiger partial charge in [0.25, 0.3) is 0 Å². The van der Waals surface area contributed by atoms with E-state index in [1.54, 1.807) is 39.8 Å². The number of aliphatic hydroxyl groups excluding tert-OH is 1. The molecule has 2 heterocycles. The predicted octanol–water partition coefficient (Wildman–Crippen LogP) is 2.05. The van der Waals surface area contributed by atoms with E-state index in [0.29, 0.717) is 0 Å². The molecule has 3 aliphatic rings. The van der Waals surface area contributed by atoms with Crippen molar-refractivity contribution in [2.75, 3.05) is 13.2 Å². The predicted molar refractivity (Wildman–Crippen MR) is 127 cm³/mol. The number of nitrogens with zero attached hydrogens (tertiary/aromatic N) is 1. The molecule has 0 spiro atoms. The Morgan fingerprint density at radius 1 is 1.27 bits per heavy atom. The van der Waals surface area contributed by atoms with E-state index in [1.807, 2.05) is 0 Å². The minimum absolute atomic E-state index is 0.0232. The zero-order valence-corrected chi connectivity index (χ0v) is 21.7. The highest BCUT2D eigenvalue weighted by Crippen LogP contribution is 2.46. The van der Waals surface area contributed by atoms with Gasteiger partial charge in [-0.3, -0.25) is 9.59 Å². The highest BCUT2D eigenvalue weighted by atomic mass is 19.3. The van der Waals surface area contributed by atoms with E-state index in [9.17, 15) is 33.1 Å². The normalized spacial score (nSPS) is 33.1. The summed E-state index contributed by atoms with van der Waals surface area (Å²) in [5.74, 6) is -5.66. The lowest BCUT2D eigenvalue weighted by Crippen LogP contribution is -2.57. The summed E-state index contributed by atoms with van der Waals surface area (Å²) < 4.78 is 39.7. The van der Waals surface area contributed by atoms with Crippen LogP contribution in [0.15, 0.2) is 12.2 Å². The number of halogens is 2. The highest BCUT2D eigenvalue weighted by Gasteiger charge is 2.62. The standard InChI is InChI=1S/C25H37F2N3O7/c1-5-36-21(34)25-13-15(25)8-6-7-10-24(26,27)11-9-17(28-22(35)37-23(2,3)4)20(33)30-14-16(31)12-18(30)19(32)29-25/h6,8,15-18,31H,5,7,9-14H2,1-4H3,(H,28,35)(H,29,32)/b8-6-/t15-,16+,17-,18-,25+/m0/s1. The van der Waals surface area contributed by atoms with Crippen LogP contribution in [0, 0.1) is 5.92 Å². The van der Waals surface area contributed by atoms with Crippen molar-refractivity contribution in [1.29, 1.82) is 0 Å². The van der Waals surface area contributed by atoms with Crippen molar-refractivity contribution < 1.29 is 42.5 Å². The van der Waals surface area contributed by atoms with Gasteiger partial charge < -0.3 is 30.1 Å². The van der Waals surface area contributed by atoms with Gasteiger partial charge >= 0.3 is 12.1 Å². The molecule has 3 N–H and O–H groups in total. The molecule has 0 aromatic carbocycles. The number of alkyl halides is 2. The number of alkyl carbamates (subject to hydrolysis) is 1. The number of amides is 3. The van der Waals surface area contributed by atoms with Crippen molar-refractivity contribution in [3.63, 3.8) is 0 Å². The van der Waals surface area contributed by atoms with E-state index < -0.39 is 84.3 Å². The Morgan fingerprint density at radius 2 is 1.97 bits per heavy atom. The first-order valence-corrected chi connectivity index (χ1v) is 12.7. The quantitative estimate of drug-likeness (QED) is 0.376. The fourth-order valence-electron chi connectivity index (χ4n) is 4.76. The van der Waals surface area contributed by atoms with Crippen LogP contribution in [0.5, 0.6) is 0 Å². The van der Waals surface area contributed by atoms with Gasteiger partial charge in [-0.25, -0.2) is 18.4 Å². The number of ether oxygens (including phenoxy) is 2. The topological polar surface area (TPSA) is 134 Å². The highest BCUT2D eigenvalue weighted by molar-refractivity contribution is 5.96. The molecule has 1 saturated heterocycles. The van der Waals surface area contributed by atoms with Gasteiger partial charge in [0.15, 0.2) is 0 Å². The van der Waals surface area contributed by atoms with E-state index in [4.69, 9.17) is 9.47 Å². The maximum Gasteiger partial charge on any atom is 0.408 e. The number of nitrogens with one attached hydrogen (secondary N) is 2.